The first kappa shape index (κ1) is 25.7. The molecule has 190 valence electrons. The van der Waals surface area contributed by atoms with Gasteiger partial charge in [-0.25, -0.2) is 13.9 Å². The third-order valence-corrected chi connectivity index (χ3v) is 6.83. The number of para-hydroxylation sites is 1. The maximum atomic E-state index is 14.0. The molecule has 1 saturated heterocycles. The Morgan fingerprint density at radius 1 is 1.11 bits per heavy atom. The Morgan fingerprint density at radius 3 is 2.72 bits per heavy atom. The second-order valence-corrected chi connectivity index (χ2v) is 9.04. The highest BCUT2D eigenvalue weighted by Crippen LogP contribution is 2.40. The molecule has 3 aromatic heterocycles. The summed E-state index contributed by atoms with van der Waals surface area (Å²) in [5.74, 6) is 0.855. The molecule has 2 aliphatic rings. The van der Waals surface area contributed by atoms with Gasteiger partial charge in [-0.05, 0) is 55.9 Å². The van der Waals surface area contributed by atoms with Gasteiger partial charge in [0.25, 0.3) is 0 Å². The lowest BCUT2D eigenvalue weighted by Gasteiger charge is -2.35. The predicted molar refractivity (Wildman–Crippen MR) is 138 cm³/mol. The summed E-state index contributed by atoms with van der Waals surface area (Å²) in [7, 11) is 0. The minimum atomic E-state index is -0.442. The maximum Gasteiger partial charge on any atom is 0.415 e. The number of anilines is 2. The fraction of sp³-hybridized carbons (Fsp3) is 0.333. The molecule has 0 radical (unpaired) electrons. The standard InChI is InChI=1S/C24H24FN7O2.2ClH/c25-19-3-1-2-4-20(19)32-12-9-21(29-32)26-13-17-7-10-24(11-8-17)15-31(23(33)34-24)18-5-6-22-28-27-16-30(22)14-18;;/h1-6,9,12,14,16-17H,7-8,10-11,13,15H2,(H,26,29);2*1H/t17-,24-;;. The van der Waals surface area contributed by atoms with Crippen LogP contribution in [0, 0.1) is 11.7 Å². The van der Waals surface area contributed by atoms with Crippen molar-refractivity contribution in [2.45, 2.75) is 31.3 Å². The van der Waals surface area contributed by atoms with Crippen LogP contribution < -0.4 is 10.2 Å². The number of hydrogen-bond donors (Lipinski definition) is 1. The van der Waals surface area contributed by atoms with Crippen LogP contribution in [0.4, 0.5) is 20.7 Å². The quantitative estimate of drug-likeness (QED) is 0.392. The molecule has 6 rings (SSSR count). The second-order valence-electron chi connectivity index (χ2n) is 9.04. The normalized spacial score (nSPS) is 21.2. The van der Waals surface area contributed by atoms with Crippen molar-refractivity contribution in [1.82, 2.24) is 24.4 Å². The molecule has 1 aliphatic carbocycles. The van der Waals surface area contributed by atoms with Crippen molar-refractivity contribution in [1.29, 1.82) is 0 Å². The Morgan fingerprint density at radius 2 is 1.92 bits per heavy atom. The average molecular weight is 534 g/mol. The summed E-state index contributed by atoms with van der Waals surface area (Å²) in [5.41, 5.74) is 1.50. The molecule has 36 heavy (non-hydrogen) atoms. The minimum Gasteiger partial charge on any atom is -0.441 e. The number of halogens is 3. The van der Waals surface area contributed by atoms with Gasteiger partial charge in [0.2, 0.25) is 0 Å². The fourth-order valence-electron chi connectivity index (χ4n) is 4.90. The summed E-state index contributed by atoms with van der Waals surface area (Å²) < 4.78 is 23.2. The van der Waals surface area contributed by atoms with Crippen LogP contribution in [0.3, 0.4) is 0 Å². The van der Waals surface area contributed by atoms with E-state index in [1.807, 2.05) is 24.4 Å². The lowest BCUT2D eigenvalue weighted by Crippen LogP contribution is -2.39. The van der Waals surface area contributed by atoms with E-state index in [0.717, 1.165) is 43.6 Å². The second kappa shape index (κ2) is 10.3. The highest BCUT2D eigenvalue weighted by Gasteiger charge is 2.47. The van der Waals surface area contributed by atoms with Crippen LogP contribution in [0.25, 0.3) is 11.3 Å². The summed E-state index contributed by atoms with van der Waals surface area (Å²) >= 11 is 0. The summed E-state index contributed by atoms with van der Waals surface area (Å²) in [4.78, 5) is 14.4. The first-order valence-electron chi connectivity index (χ1n) is 11.4. The lowest BCUT2D eigenvalue weighted by atomic mass is 9.78. The number of carbonyl (C=O) groups is 1. The number of amides is 1. The van der Waals surface area contributed by atoms with Gasteiger partial charge in [-0.15, -0.1) is 35.0 Å². The number of rotatable bonds is 5. The Balaban J connectivity index is 0.00000152. The van der Waals surface area contributed by atoms with Gasteiger partial charge in [0.15, 0.2) is 5.65 Å². The number of carbonyl (C=O) groups excluding carboxylic acids is 1. The highest BCUT2D eigenvalue weighted by molar-refractivity contribution is 5.90. The third-order valence-electron chi connectivity index (χ3n) is 6.83. The van der Waals surface area contributed by atoms with Crippen molar-refractivity contribution in [3.8, 4) is 5.69 Å². The van der Waals surface area contributed by atoms with Crippen molar-refractivity contribution in [2.24, 2.45) is 5.92 Å². The van der Waals surface area contributed by atoms with Gasteiger partial charge >= 0.3 is 6.09 Å². The van der Waals surface area contributed by atoms with Crippen LogP contribution in [-0.4, -0.2) is 49.2 Å². The topological polar surface area (TPSA) is 89.6 Å². The molecule has 4 heterocycles. The van der Waals surface area contributed by atoms with Crippen molar-refractivity contribution in [3.05, 3.63) is 67.0 Å². The van der Waals surface area contributed by atoms with Crippen LogP contribution in [0.15, 0.2) is 61.2 Å². The molecular formula is C24H26Cl2FN7O2. The molecule has 4 aromatic rings. The van der Waals surface area contributed by atoms with Gasteiger partial charge in [-0.2, -0.15) is 5.10 Å². The minimum absolute atomic E-state index is 0. The van der Waals surface area contributed by atoms with Crippen LogP contribution in [-0.2, 0) is 4.74 Å². The van der Waals surface area contributed by atoms with E-state index in [1.54, 1.807) is 40.0 Å². The van der Waals surface area contributed by atoms with Gasteiger partial charge in [0, 0.05) is 25.0 Å². The largest absolute Gasteiger partial charge is 0.441 e. The van der Waals surface area contributed by atoms with Gasteiger partial charge in [0.1, 0.15) is 29.3 Å². The summed E-state index contributed by atoms with van der Waals surface area (Å²) in [6, 6.07) is 12.1. The zero-order chi connectivity index (χ0) is 23.1. The van der Waals surface area contributed by atoms with Gasteiger partial charge in [-0.1, -0.05) is 12.1 Å². The number of pyridine rings is 1. The number of aromatic nitrogens is 5. The Labute approximate surface area is 219 Å². The van der Waals surface area contributed by atoms with Crippen LogP contribution >= 0.6 is 24.8 Å². The number of nitrogens with zero attached hydrogens (tertiary/aromatic N) is 6. The van der Waals surface area contributed by atoms with E-state index in [-0.39, 0.29) is 36.7 Å². The van der Waals surface area contributed by atoms with Crippen LogP contribution in [0.2, 0.25) is 0 Å². The Kier molecular flexibility index (Phi) is 7.37. The van der Waals surface area contributed by atoms with Crippen molar-refractivity contribution in [2.75, 3.05) is 23.3 Å². The molecule has 1 amide bonds. The molecule has 0 atom stereocenters. The van der Waals surface area contributed by atoms with Crippen molar-refractivity contribution >= 4 is 48.1 Å². The molecule has 0 unspecified atom stereocenters. The van der Waals surface area contributed by atoms with E-state index in [0.29, 0.717) is 24.0 Å². The molecule has 12 heteroatoms. The number of fused-ring (bicyclic) bond motifs is 1. The van der Waals surface area contributed by atoms with Crippen LogP contribution in [0.1, 0.15) is 25.7 Å². The fourth-order valence-corrected chi connectivity index (χ4v) is 4.90. The predicted octanol–water partition coefficient (Wildman–Crippen LogP) is 4.90. The van der Waals surface area contributed by atoms with E-state index in [9.17, 15) is 9.18 Å². The third kappa shape index (κ3) is 4.83. The molecule has 0 bridgehead atoms. The number of nitrogens with one attached hydrogen (secondary N) is 1. The van der Waals surface area contributed by atoms with Crippen molar-refractivity contribution < 1.29 is 13.9 Å². The molecule has 1 aromatic carbocycles. The number of ether oxygens (including phenoxy) is 1. The smallest absolute Gasteiger partial charge is 0.415 e. The average Bonchev–Trinajstić information content (AvgIpc) is 3.58. The van der Waals surface area contributed by atoms with Gasteiger partial charge in [0.05, 0.1) is 12.2 Å². The van der Waals surface area contributed by atoms with Gasteiger partial charge in [-0.3, -0.25) is 9.30 Å². The molecular weight excluding hydrogens is 508 g/mol. The van der Waals surface area contributed by atoms with Gasteiger partial charge < -0.3 is 10.1 Å². The number of hydrogen-bond acceptors (Lipinski definition) is 6. The lowest BCUT2D eigenvalue weighted by molar-refractivity contribution is 0.0148. The highest BCUT2D eigenvalue weighted by atomic mass is 35.5. The summed E-state index contributed by atoms with van der Waals surface area (Å²) in [6.45, 7) is 1.32. The molecule has 1 spiro atoms. The Bertz CT molecular complexity index is 1350. The maximum absolute atomic E-state index is 14.0. The summed E-state index contributed by atoms with van der Waals surface area (Å²) in [5, 5.41) is 15.7. The van der Waals surface area contributed by atoms with E-state index in [1.165, 1.54) is 10.7 Å². The van der Waals surface area contributed by atoms with Crippen molar-refractivity contribution in [3.63, 3.8) is 0 Å². The molecule has 1 aliphatic heterocycles. The van der Waals surface area contributed by atoms with E-state index in [2.05, 4.69) is 20.6 Å². The summed E-state index contributed by atoms with van der Waals surface area (Å²) in [6.07, 6.45) is 8.46. The zero-order valence-corrected chi connectivity index (χ0v) is 20.9. The van der Waals surface area contributed by atoms with E-state index < -0.39 is 5.60 Å². The first-order chi connectivity index (χ1) is 16.6. The van der Waals surface area contributed by atoms with E-state index >= 15 is 0 Å². The number of benzene rings is 1. The Hall–Kier alpha value is -3.37. The zero-order valence-electron chi connectivity index (χ0n) is 19.3. The van der Waals surface area contributed by atoms with Crippen LogP contribution in [0.5, 0.6) is 0 Å². The van der Waals surface area contributed by atoms with E-state index in [4.69, 9.17) is 4.74 Å². The molecule has 2 fully saturated rings. The molecule has 1 saturated carbocycles. The molecule has 1 N–H and O–H groups in total. The SMILES string of the molecule is Cl.Cl.O=C1O[C@]2(CC[C@H](CNc3ccn(-c4ccccc4F)n3)CC2)CN1c1ccc2nncn2c1. The monoisotopic (exact) mass is 533 g/mol. The molecule has 9 nitrogen and oxygen atoms in total. The first-order valence-corrected chi connectivity index (χ1v) is 11.4.